The average molecular weight is 320 g/mol. The summed E-state index contributed by atoms with van der Waals surface area (Å²) in [5.41, 5.74) is 0.775. The molecule has 0 radical (unpaired) electrons. The Hall–Kier alpha value is -1.99. The van der Waals surface area contributed by atoms with Gasteiger partial charge in [-0.05, 0) is 19.1 Å². The zero-order valence-electron chi connectivity index (χ0n) is 11.5. The molecule has 0 aliphatic carbocycles. The molecular weight excluding hydrogens is 308 g/mol. The molecule has 3 aromatic heterocycles. The molecule has 0 aromatic carbocycles. The van der Waals surface area contributed by atoms with Gasteiger partial charge in [0.25, 0.3) is 0 Å². The molecule has 0 aliphatic heterocycles. The smallest absolute Gasteiger partial charge is 0.311 e. The normalized spacial score (nSPS) is 10.8. The first kappa shape index (κ1) is 14.0. The Labute approximate surface area is 129 Å². The van der Waals surface area contributed by atoms with Crippen LogP contribution in [0.15, 0.2) is 28.9 Å². The number of thiazole rings is 1. The van der Waals surface area contributed by atoms with Crippen molar-refractivity contribution < 1.29 is 14.1 Å². The Morgan fingerprint density at radius 2 is 2.10 bits per heavy atom. The molecule has 0 spiro atoms. The van der Waals surface area contributed by atoms with E-state index in [1.54, 1.807) is 28.9 Å². The van der Waals surface area contributed by atoms with Gasteiger partial charge in [0, 0.05) is 10.9 Å². The molecule has 0 bridgehead atoms. The topological polar surface area (TPSA) is 65.2 Å². The Kier molecular flexibility index (Phi) is 3.85. The van der Waals surface area contributed by atoms with Gasteiger partial charge in [-0.2, -0.15) is 0 Å². The molecule has 7 heteroatoms. The van der Waals surface area contributed by atoms with Gasteiger partial charge in [-0.25, -0.2) is 4.98 Å². The maximum absolute atomic E-state index is 11.4. The first-order chi connectivity index (χ1) is 10.2. The molecule has 0 saturated carbocycles. The highest BCUT2D eigenvalue weighted by atomic mass is 32.1. The summed E-state index contributed by atoms with van der Waals surface area (Å²) in [4.78, 5) is 19.0. The summed E-state index contributed by atoms with van der Waals surface area (Å²) in [7, 11) is 1.38. The van der Waals surface area contributed by atoms with Gasteiger partial charge in [0.1, 0.15) is 5.01 Å². The lowest BCUT2D eigenvalue weighted by molar-refractivity contribution is -0.139. The van der Waals surface area contributed by atoms with Crippen LogP contribution in [0.4, 0.5) is 0 Å². The second-order valence-corrected chi connectivity index (χ2v) is 6.60. The van der Waals surface area contributed by atoms with E-state index in [0.717, 1.165) is 31.1 Å². The summed E-state index contributed by atoms with van der Waals surface area (Å²) in [6, 6.07) is 5.81. The van der Waals surface area contributed by atoms with Crippen LogP contribution in [0.1, 0.15) is 10.6 Å². The third kappa shape index (κ3) is 2.88. The lowest BCUT2D eigenvalue weighted by Gasteiger charge is -1.95. The molecular formula is C14H12N2O3S2. The fourth-order valence-corrected chi connectivity index (χ4v) is 3.78. The number of ether oxygens (including phenoxy) is 1. The molecule has 108 valence electrons. The Bertz CT molecular complexity index is 759. The third-order valence-corrected chi connectivity index (χ3v) is 5.21. The van der Waals surface area contributed by atoms with Gasteiger partial charge in [-0.15, -0.1) is 22.7 Å². The van der Waals surface area contributed by atoms with E-state index < -0.39 is 0 Å². The minimum absolute atomic E-state index is 0.208. The average Bonchev–Trinajstić information content (AvgIpc) is 3.18. The van der Waals surface area contributed by atoms with Crippen LogP contribution < -0.4 is 0 Å². The fourth-order valence-electron chi connectivity index (χ4n) is 1.83. The summed E-state index contributed by atoms with van der Waals surface area (Å²) in [5.74, 6) is 0.470. The zero-order chi connectivity index (χ0) is 14.8. The predicted octanol–water partition coefficient (Wildman–Crippen LogP) is 3.55. The number of hydrogen-bond acceptors (Lipinski definition) is 7. The highest BCUT2D eigenvalue weighted by Crippen LogP contribution is 2.37. The number of rotatable bonds is 4. The van der Waals surface area contributed by atoms with Crippen molar-refractivity contribution in [3.8, 4) is 20.5 Å². The summed E-state index contributed by atoms with van der Waals surface area (Å²) in [6.07, 6.45) is 1.83. The van der Waals surface area contributed by atoms with Crippen molar-refractivity contribution >= 4 is 28.6 Å². The van der Waals surface area contributed by atoms with Crippen molar-refractivity contribution in [2.75, 3.05) is 7.11 Å². The number of esters is 1. The number of hydrogen-bond donors (Lipinski definition) is 0. The largest absolute Gasteiger partial charge is 0.469 e. The molecule has 0 fully saturated rings. The predicted molar refractivity (Wildman–Crippen MR) is 81.4 cm³/mol. The Balaban J connectivity index is 1.87. The summed E-state index contributed by atoms with van der Waals surface area (Å²) in [5, 5.41) is 4.61. The van der Waals surface area contributed by atoms with Crippen LogP contribution in [-0.4, -0.2) is 23.2 Å². The number of methoxy groups -OCH3 is 1. The van der Waals surface area contributed by atoms with Crippen LogP contribution in [0.25, 0.3) is 20.5 Å². The van der Waals surface area contributed by atoms with Crippen LogP contribution in [0.3, 0.4) is 0 Å². The van der Waals surface area contributed by atoms with E-state index in [1.165, 1.54) is 7.11 Å². The van der Waals surface area contributed by atoms with Gasteiger partial charge in [-0.1, -0.05) is 5.16 Å². The van der Waals surface area contributed by atoms with Gasteiger partial charge in [-0.3, -0.25) is 4.79 Å². The first-order valence-corrected chi connectivity index (χ1v) is 7.85. The molecule has 0 saturated heterocycles. The van der Waals surface area contributed by atoms with E-state index in [2.05, 4.69) is 14.9 Å². The van der Waals surface area contributed by atoms with Crippen molar-refractivity contribution in [2.24, 2.45) is 0 Å². The van der Waals surface area contributed by atoms with Gasteiger partial charge in [0.05, 0.1) is 35.2 Å². The standard InChI is InChI=1S/C14H12N2O3S2/c1-8-9(7-13(17)18-2)16-14(20-8)12-4-3-11(21-12)10-5-6-15-19-10/h3-6H,7H2,1-2H3. The van der Waals surface area contributed by atoms with Crippen molar-refractivity contribution in [1.82, 2.24) is 10.1 Å². The van der Waals surface area contributed by atoms with Crippen molar-refractivity contribution in [2.45, 2.75) is 13.3 Å². The van der Waals surface area contributed by atoms with Crippen LogP contribution in [0.5, 0.6) is 0 Å². The van der Waals surface area contributed by atoms with Gasteiger partial charge < -0.3 is 9.26 Å². The quantitative estimate of drug-likeness (QED) is 0.688. The molecule has 5 nitrogen and oxygen atoms in total. The summed E-state index contributed by atoms with van der Waals surface area (Å²) >= 11 is 3.16. The Morgan fingerprint density at radius 1 is 1.29 bits per heavy atom. The van der Waals surface area contributed by atoms with E-state index in [4.69, 9.17) is 4.52 Å². The van der Waals surface area contributed by atoms with Crippen molar-refractivity contribution in [1.29, 1.82) is 0 Å². The lowest BCUT2D eigenvalue weighted by Crippen LogP contribution is -2.05. The maximum Gasteiger partial charge on any atom is 0.311 e. The highest BCUT2D eigenvalue weighted by Gasteiger charge is 2.15. The van der Waals surface area contributed by atoms with E-state index in [1.807, 2.05) is 25.1 Å². The van der Waals surface area contributed by atoms with Crippen LogP contribution in [-0.2, 0) is 16.0 Å². The fraction of sp³-hybridized carbons (Fsp3) is 0.214. The number of carbonyl (C=O) groups excluding carboxylic acids is 1. The lowest BCUT2D eigenvalue weighted by atomic mass is 10.3. The summed E-state index contributed by atoms with van der Waals surface area (Å²) < 4.78 is 9.83. The van der Waals surface area contributed by atoms with Gasteiger partial charge >= 0.3 is 5.97 Å². The number of aryl methyl sites for hydroxylation is 1. The van der Waals surface area contributed by atoms with E-state index in [0.29, 0.717) is 0 Å². The second kappa shape index (κ2) is 5.79. The molecule has 0 atom stereocenters. The molecule has 0 N–H and O–H groups in total. The highest BCUT2D eigenvalue weighted by molar-refractivity contribution is 7.23. The molecule has 0 aliphatic rings. The number of aromatic nitrogens is 2. The molecule has 0 amide bonds. The monoisotopic (exact) mass is 320 g/mol. The minimum atomic E-state index is -0.275. The first-order valence-electron chi connectivity index (χ1n) is 6.21. The van der Waals surface area contributed by atoms with E-state index in [-0.39, 0.29) is 12.4 Å². The van der Waals surface area contributed by atoms with Gasteiger partial charge in [0.2, 0.25) is 0 Å². The van der Waals surface area contributed by atoms with E-state index >= 15 is 0 Å². The third-order valence-electron chi connectivity index (χ3n) is 2.93. The number of carbonyl (C=O) groups is 1. The minimum Gasteiger partial charge on any atom is -0.469 e. The number of nitrogens with zero attached hydrogens (tertiary/aromatic N) is 2. The number of thiophene rings is 1. The Morgan fingerprint density at radius 3 is 2.81 bits per heavy atom. The molecule has 3 aromatic rings. The molecule has 3 heterocycles. The van der Waals surface area contributed by atoms with Crippen LogP contribution >= 0.6 is 22.7 Å². The molecule has 21 heavy (non-hydrogen) atoms. The molecule has 0 unspecified atom stereocenters. The second-order valence-electron chi connectivity index (χ2n) is 4.32. The zero-order valence-corrected chi connectivity index (χ0v) is 13.1. The SMILES string of the molecule is COC(=O)Cc1nc(-c2ccc(-c3ccno3)s2)sc1C. The van der Waals surface area contributed by atoms with E-state index in [9.17, 15) is 4.79 Å². The van der Waals surface area contributed by atoms with Crippen LogP contribution in [0.2, 0.25) is 0 Å². The van der Waals surface area contributed by atoms with Crippen LogP contribution in [0, 0.1) is 6.92 Å². The van der Waals surface area contributed by atoms with Crippen molar-refractivity contribution in [3.63, 3.8) is 0 Å². The summed E-state index contributed by atoms with van der Waals surface area (Å²) in [6.45, 7) is 1.96. The molecule has 3 rings (SSSR count). The van der Waals surface area contributed by atoms with Gasteiger partial charge in [0.15, 0.2) is 5.76 Å². The van der Waals surface area contributed by atoms with Crippen molar-refractivity contribution in [3.05, 3.63) is 35.0 Å². The maximum atomic E-state index is 11.4.